The number of benzene rings is 2. The summed E-state index contributed by atoms with van der Waals surface area (Å²) < 4.78 is 25.6. The van der Waals surface area contributed by atoms with E-state index in [0.29, 0.717) is 22.3 Å². The second-order valence-electron chi connectivity index (χ2n) is 7.16. The van der Waals surface area contributed by atoms with Crippen molar-refractivity contribution < 1.29 is 23.6 Å². The maximum Gasteiger partial charge on any atom is 0.441 e. The van der Waals surface area contributed by atoms with E-state index in [1.165, 1.54) is 0 Å². The standard InChI is InChI=1S/C23H27N5O5S/c1-4-33-23(30)28-34(31)19-11-7-17(8-12-19)26-22-24-13-20(21(27-22)25-15(2)14-29)16-5-9-18(32-3)10-6-16/h5-13,15,29,34H,4,14H2,1-3H3,(H2,24,25,26,27)/t15-/m1/s1. The van der Waals surface area contributed by atoms with Crippen LogP contribution >= 0.6 is 0 Å². The molecular weight excluding hydrogens is 458 g/mol. The van der Waals surface area contributed by atoms with Gasteiger partial charge in [0.1, 0.15) is 11.6 Å². The molecule has 34 heavy (non-hydrogen) atoms. The number of methoxy groups -OCH3 is 1. The van der Waals surface area contributed by atoms with Gasteiger partial charge in [0.2, 0.25) is 5.95 Å². The molecule has 2 atom stereocenters. The van der Waals surface area contributed by atoms with Crippen molar-refractivity contribution in [1.29, 1.82) is 0 Å². The van der Waals surface area contributed by atoms with Gasteiger partial charge in [-0.1, -0.05) is 12.1 Å². The van der Waals surface area contributed by atoms with Crippen LogP contribution in [0.15, 0.2) is 64.0 Å². The zero-order valence-corrected chi connectivity index (χ0v) is 20.0. The molecule has 3 aromatic rings. The first kappa shape index (κ1) is 24.9. The highest BCUT2D eigenvalue weighted by molar-refractivity contribution is 7.75. The number of nitrogens with zero attached hydrogens (tertiary/aromatic N) is 3. The molecule has 180 valence electrons. The van der Waals surface area contributed by atoms with Crippen molar-refractivity contribution in [3.63, 3.8) is 0 Å². The van der Waals surface area contributed by atoms with Crippen molar-refractivity contribution in [2.75, 3.05) is 31.0 Å². The van der Waals surface area contributed by atoms with E-state index in [0.717, 1.165) is 16.9 Å². The normalized spacial score (nSPS) is 12.6. The van der Waals surface area contributed by atoms with Crippen LogP contribution in [-0.4, -0.2) is 51.7 Å². The van der Waals surface area contributed by atoms with E-state index in [2.05, 4.69) is 25.0 Å². The van der Waals surface area contributed by atoms with Crippen molar-refractivity contribution in [2.45, 2.75) is 24.8 Å². The smallest absolute Gasteiger partial charge is 0.441 e. The van der Waals surface area contributed by atoms with Gasteiger partial charge in [0.05, 0.1) is 30.9 Å². The van der Waals surface area contributed by atoms with Crippen LogP contribution in [0, 0.1) is 0 Å². The van der Waals surface area contributed by atoms with Gasteiger partial charge < -0.3 is 25.2 Å². The third kappa shape index (κ3) is 6.65. The summed E-state index contributed by atoms with van der Waals surface area (Å²) in [5.41, 5.74) is 2.31. The number of amides is 1. The van der Waals surface area contributed by atoms with Crippen molar-refractivity contribution in [3.8, 4) is 16.9 Å². The monoisotopic (exact) mass is 485 g/mol. The van der Waals surface area contributed by atoms with Gasteiger partial charge >= 0.3 is 6.09 Å². The zero-order chi connectivity index (χ0) is 24.5. The minimum absolute atomic E-state index is 0.0642. The van der Waals surface area contributed by atoms with Crippen molar-refractivity contribution >= 4 is 34.1 Å². The van der Waals surface area contributed by atoms with E-state index in [-0.39, 0.29) is 19.3 Å². The summed E-state index contributed by atoms with van der Waals surface area (Å²) >= 11 is 0. The minimum atomic E-state index is -2.25. The van der Waals surface area contributed by atoms with Crippen LogP contribution in [-0.2, 0) is 15.3 Å². The molecule has 11 heteroatoms. The summed E-state index contributed by atoms with van der Waals surface area (Å²) in [7, 11) is -0.645. The minimum Gasteiger partial charge on any atom is -0.497 e. The average Bonchev–Trinajstić information content (AvgIpc) is 2.85. The summed E-state index contributed by atoms with van der Waals surface area (Å²) in [6.45, 7) is 3.59. The van der Waals surface area contributed by atoms with Gasteiger partial charge in [0, 0.05) is 28.4 Å². The summed E-state index contributed by atoms with van der Waals surface area (Å²) in [6, 6.07) is 13.9. The highest BCUT2D eigenvalue weighted by Gasteiger charge is 2.12. The summed E-state index contributed by atoms with van der Waals surface area (Å²) in [6.07, 6.45) is 0.834. The molecule has 2 aromatic carbocycles. The van der Waals surface area contributed by atoms with Crippen LogP contribution in [0.25, 0.3) is 11.1 Å². The van der Waals surface area contributed by atoms with Crippen molar-refractivity contribution in [1.82, 2.24) is 9.97 Å². The molecule has 0 bridgehead atoms. The lowest BCUT2D eigenvalue weighted by Crippen LogP contribution is -2.21. The van der Waals surface area contributed by atoms with Crippen molar-refractivity contribution in [2.24, 2.45) is 4.36 Å². The Kier molecular flexibility index (Phi) is 8.77. The molecule has 0 saturated heterocycles. The van der Waals surface area contributed by atoms with Crippen LogP contribution in [0.3, 0.4) is 0 Å². The van der Waals surface area contributed by atoms with Crippen LogP contribution in [0.2, 0.25) is 0 Å². The van der Waals surface area contributed by atoms with Crippen LogP contribution in [0.5, 0.6) is 5.75 Å². The number of nitrogens with one attached hydrogen (secondary N) is 2. The number of carbonyl (C=O) groups is 1. The number of anilines is 3. The fourth-order valence-electron chi connectivity index (χ4n) is 2.90. The SMILES string of the molecule is CCOC(=O)/N=[SH](=O)/c1ccc(Nc2ncc(-c3ccc(OC)cc3)c(N[C@H](C)CO)n2)cc1. The number of ether oxygens (including phenoxy) is 2. The molecule has 1 aromatic heterocycles. The quantitative estimate of drug-likeness (QED) is 0.333. The molecule has 3 rings (SSSR count). The molecular formula is C23H27N5O5S. The Morgan fingerprint density at radius 2 is 1.88 bits per heavy atom. The van der Waals surface area contributed by atoms with E-state index in [9.17, 15) is 14.1 Å². The molecule has 10 nitrogen and oxygen atoms in total. The predicted molar refractivity (Wildman–Crippen MR) is 131 cm³/mol. The molecule has 1 amide bonds. The Labute approximate surface area is 199 Å². The molecule has 0 spiro atoms. The summed E-state index contributed by atoms with van der Waals surface area (Å²) in [4.78, 5) is 20.8. The second kappa shape index (κ2) is 12.0. The van der Waals surface area contributed by atoms with Gasteiger partial charge in [0.15, 0.2) is 0 Å². The third-order valence-electron chi connectivity index (χ3n) is 4.63. The van der Waals surface area contributed by atoms with Gasteiger partial charge in [-0.15, -0.1) is 4.36 Å². The number of carbonyl (C=O) groups excluding carboxylic acids is 1. The number of aliphatic hydroxyl groups excluding tert-OH is 1. The number of aliphatic hydroxyl groups is 1. The number of hydrogen-bond donors (Lipinski definition) is 4. The first-order chi connectivity index (χ1) is 16.4. The lowest BCUT2D eigenvalue weighted by Gasteiger charge is -2.17. The van der Waals surface area contributed by atoms with E-state index in [4.69, 9.17) is 9.47 Å². The Bertz CT molecular complexity index is 1200. The van der Waals surface area contributed by atoms with Gasteiger partial charge in [-0.3, -0.25) is 0 Å². The molecule has 3 N–H and O–H groups in total. The molecule has 0 aliphatic heterocycles. The molecule has 0 saturated carbocycles. The highest BCUT2D eigenvalue weighted by Crippen LogP contribution is 2.29. The molecule has 0 radical (unpaired) electrons. The van der Waals surface area contributed by atoms with Gasteiger partial charge in [0.25, 0.3) is 0 Å². The maximum atomic E-state index is 12.2. The molecule has 0 aliphatic carbocycles. The largest absolute Gasteiger partial charge is 0.497 e. The number of hydrogen-bond acceptors (Lipinski definition) is 9. The van der Waals surface area contributed by atoms with Gasteiger partial charge in [-0.05, 0) is 55.8 Å². The third-order valence-corrected chi connectivity index (χ3v) is 5.72. The molecule has 1 unspecified atom stereocenters. The average molecular weight is 486 g/mol. The maximum absolute atomic E-state index is 12.2. The number of thiol groups is 1. The first-order valence-corrected chi connectivity index (χ1v) is 11.8. The van der Waals surface area contributed by atoms with E-state index in [1.807, 2.05) is 31.2 Å². The van der Waals surface area contributed by atoms with E-state index < -0.39 is 16.7 Å². The number of rotatable bonds is 9. The van der Waals surface area contributed by atoms with Gasteiger partial charge in [-0.2, -0.15) is 4.98 Å². The second-order valence-corrected chi connectivity index (χ2v) is 8.42. The predicted octanol–water partition coefficient (Wildman–Crippen LogP) is 3.87. The first-order valence-electron chi connectivity index (χ1n) is 10.5. The van der Waals surface area contributed by atoms with E-state index >= 15 is 0 Å². The van der Waals surface area contributed by atoms with Gasteiger partial charge in [-0.25, -0.2) is 14.0 Å². The Balaban J connectivity index is 1.83. The summed E-state index contributed by atoms with van der Waals surface area (Å²) in [5.74, 6) is 1.62. The lowest BCUT2D eigenvalue weighted by atomic mass is 10.1. The van der Waals surface area contributed by atoms with Crippen LogP contribution in [0.1, 0.15) is 13.8 Å². The number of aromatic nitrogens is 2. The van der Waals surface area contributed by atoms with E-state index in [1.54, 1.807) is 44.5 Å². The molecule has 0 fully saturated rings. The topological polar surface area (TPSA) is 135 Å². The van der Waals surface area contributed by atoms with Crippen LogP contribution < -0.4 is 15.4 Å². The Morgan fingerprint density at radius 1 is 1.18 bits per heavy atom. The van der Waals surface area contributed by atoms with Crippen LogP contribution in [0.4, 0.5) is 22.2 Å². The zero-order valence-electron chi connectivity index (χ0n) is 19.1. The Morgan fingerprint density at radius 3 is 2.50 bits per heavy atom. The molecule has 0 aliphatic rings. The molecule has 1 heterocycles. The highest BCUT2D eigenvalue weighted by atomic mass is 32.2. The summed E-state index contributed by atoms with van der Waals surface area (Å²) in [5, 5.41) is 15.8. The fraction of sp³-hybridized carbons (Fsp3) is 0.261. The lowest BCUT2D eigenvalue weighted by molar-refractivity contribution is 0.164. The van der Waals surface area contributed by atoms with Crippen molar-refractivity contribution in [3.05, 3.63) is 54.7 Å². The Hall–Kier alpha value is -3.70. The fourth-order valence-corrected chi connectivity index (χ4v) is 3.62.